The Morgan fingerprint density at radius 3 is 2.23 bits per heavy atom. The monoisotopic (exact) mass is 196 g/mol. The summed E-state index contributed by atoms with van der Waals surface area (Å²) in [6.07, 6.45) is 3.62. The van der Waals surface area contributed by atoms with Crippen LogP contribution in [0.15, 0.2) is 30.3 Å². The predicted octanol–water partition coefficient (Wildman–Crippen LogP) is 3.12. The molecule has 0 aliphatic rings. The Morgan fingerprint density at radius 2 is 1.77 bits per heavy atom. The van der Waals surface area contributed by atoms with E-state index in [2.05, 4.69) is 0 Å². The Hall–Kier alpha value is -0.790. The van der Waals surface area contributed by atoms with Gasteiger partial charge in [-0.05, 0) is 31.5 Å². The normalized spacial score (nSPS) is 12.3. The van der Waals surface area contributed by atoms with Gasteiger partial charge in [0, 0.05) is 5.02 Å². The van der Waals surface area contributed by atoms with E-state index in [0.717, 1.165) is 10.6 Å². The molecule has 0 amide bonds. The zero-order valence-electron chi connectivity index (χ0n) is 7.79. The van der Waals surface area contributed by atoms with E-state index in [-0.39, 0.29) is 0 Å². The number of hydrogen-bond acceptors (Lipinski definition) is 1. The van der Waals surface area contributed by atoms with Crippen LogP contribution in [0.5, 0.6) is 0 Å². The molecule has 0 heterocycles. The van der Waals surface area contributed by atoms with Gasteiger partial charge in [-0.3, -0.25) is 0 Å². The molecule has 1 aromatic rings. The zero-order chi connectivity index (χ0) is 9.90. The molecule has 0 spiro atoms. The van der Waals surface area contributed by atoms with Crippen LogP contribution < -0.4 is 0 Å². The van der Waals surface area contributed by atoms with Crippen LogP contribution in [-0.4, -0.2) is 10.7 Å². The average molecular weight is 197 g/mol. The highest BCUT2D eigenvalue weighted by Crippen LogP contribution is 2.12. The number of hydrogen-bond donors (Lipinski definition) is 1. The summed E-state index contributed by atoms with van der Waals surface area (Å²) in [7, 11) is 0. The molecular formula is C11H13ClO. The molecule has 0 atom stereocenters. The molecule has 2 heteroatoms. The van der Waals surface area contributed by atoms with Crippen molar-refractivity contribution in [2.45, 2.75) is 19.4 Å². The lowest BCUT2D eigenvalue weighted by Crippen LogP contribution is -2.13. The van der Waals surface area contributed by atoms with Gasteiger partial charge < -0.3 is 5.11 Å². The van der Waals surface area contributed by atoms with Crippen molar-refractivity contribution in [3.63, 3.8) is 0 Å². The highest BCUT2D eigenvalue weighted by molar-refractivity contribution is 6.30. The molecule has 1 rings (SSSR count). The van der Waals surface area contributed by atoms with Gasteiger partial charge in [0.15, 0.2) is 0 Å². The van der Waals surface area contributed by atoms with Gasteiger partial charge in [0.05, 0.1) is 5.60 Å². The molecule has 13 heavy (non-hydrogen) atoms. The quantitative estimate of drug-likeness (QED) is 0.771. The van der Waals surface area contributed by atoms with Crippen LogP contribution in [0.3, 0.4) is 0 Å². The van der Waals surface area contributed by atoms with Crippen LogP contribution in [0.4, 0.5) is 0 Å². The number of halogens is 1. The van der Waals surface area contributed by atoms with E-state index in [4.69, 9.17) is 11.6 Å². The summed E-state index contributed by atoms with van der Waals surface area (Å²) in [5.74, 6) is 0. The van der Waals surface area contributed by atoms with E-state index in [9.17, 15) is 5.11 Å². The smallest absolute Gasteiger partial charge is 0.0774 e. The molecule has 70 valence electrons. The van der Waals surface area contributed by atoms with Gasteiger partial charge in [-0.2, -0.15) is 0 Å². The van der Waals surface area contributed by atoms with E-state index in [1.54, 1.807) is 19.9 Å². The lowest BCUT2D eigenvalue weighted by atomic mass is 10.1. The second-order valence-electron chi connectivity index (χ2n) is 3.54. The van der Waals surface area contributed by atoms with Crippen molar-refractivity contribution in [3.05, 3.63) is 40.9 Å². The van der Waals surface area contributed by atoms with Gasteiger partial charge in [-0.1, -0.05) is 35.9 Å². The standard InChI is InChI=1S/C11H13ClO/c1-11(2,13)8-7-9-3-5-10(12)6-4-9/h3-8,13H,1-2H3/b8-7-. The first kappa shape index (κ1) is 10.3. The van der Waals surface area contributed by atoms with Crippen LogP contribution in [0.1, 0.15) is 19.4 Å². The van der Waals surface area contributed by atoms with E-state index < -0.39 is 5.60 Å². The minimum absolute atomic E-state index is 0.723. The van der Waals surface area contributed by atoms with E-state index in [0.29, 0.717) is 0 Å². The van der Waals surface area contributed by atoms with Crippen molar-refractivity contribution in [1.29, 1.82) is 0 Å². The number of benzene rings is 1. The maximum Gasteiger partial charge on any atom is 0.0774 e. The summed E-state index contributed by atoms with van der Waals surface area (Å²) >= 11 is 5.73. The third-order valence-corrected chi connectivity index (χ3v) is 1.81. The van der Waals surface area contributed by atoms with Crippen molar-refractivity contribution in [2.75, 3.05) is 0 Å². The summed E-state index contributed by atoms with van der Waals surface area (Å²) in [6, 6.07) is 7.46. The fourth-order valence-electron chi connectivity index (χ4n) is 0.874. The van der Waals surface area contributed by atoms with Crippen molar-refractivity contribution < 1.29 is 5.11 Å². The SMILES string of the molecule is CC(C)(O)/C=C\c1ccc(Cl)cc1. The number of aliphatic hydroxyl groups is 1. The maximum atomic E-state index is 9.42. The van der Waals surface area contributed by atoms with Gasteiger partial charge in [-0.15, -0.1) is 0 Å². The molecular weight excluding hydrogens is 184 g/mol. The fourth-order valence-corrected chi connectivity index (χ4v) is 1.00. The minimum Gasteiger partial charge on any atom is -0.386 e. The van der Waals surface area contributed by atoms with Crippen LogP contribution in [0, 0.1) is 0 Å². The van der Waals surface area contributed by atoms with Crippen LogP contribution in [-0.2, 0) is 0 Å². The van der Waals surface area contributed by atoms with Crippen molar-refractivity contribution >= 4 is 17.7 Å². The number of rotatable bonds is 2. The third kappa shape index (κ3) is 4.11. The lowest BCUT2D eigenvalue weighted by Gasteiger charge is -2.09. The molecule has 0 saturated carbocycles. The summed E-state index contributed by atoms with van der Waals surface area (Å²) in [5, 5.41) is 10.1. The topological polar surface area (TPSA) is 20.2 Å². The first-order chi connectivity index (χ1) is 5.97. The largest absolute Gasteiger partial charge is 0.386 e. The zero-order valence-corrected chi connectivity index (χ0v) is 8.55. The molecule has 0 unspecified atom stereocenters. The van der Waals surface area contributed by atoms with Crippen molar-refractivity contribution in [3.8, 4) is 0 Å². The average Bonchev–Trinajstić information content (AvgIpc) is 2.02. The van der Waals surface area contributed by atoms with Crippen molar-refractivity contribution in [2.24, 2.45) is 0 Å². The Balaban J connectivity index is 2.75. The Bertz CT molecular complexity index is 293. The first-order valence-corrected chi connectivity index (χ1v) is 4.52. The van der Waals surface area contributed by atoms with Gasteiger partial charge in [0.2, 0.25) is 0 Å². The first-order valence-electron chi connectivity index (χ1n) is 4.14. The summed E-state index contributed by atoms with van der Waals surface area (Å²) < 4.78 is 0. The molecule has 0 aliphatic heterocycles. The molecule has 0 aromatic heterocycles. The van der Waals surface area contributed by atoms with Gasteiger partial charge in [0.1, 0.15) is 0 Å². The lowest BCUT2D eigenvalue weighted by molar-refractivity contribution is 0.134. The highest BCUT2D eigenvalue weighted by atomic mass is 35.5. The van der Waals surface area contributed by atoms with E-state index >= 15 is 0 Å². The van der Waals surface area contributed by atoms with Gasteiger partial charge >= 0.3 is 0 Å². The highest BCUT2D eigenvalue weighted by Gasteiger charge is 2.05. The van der Waals surface area contributed by atoms with Crippen LogP contribution >= 0.6 is 11.6 Å². The maximum absolute atomic E-state index is 9.42. The molecule has 0 saturated heterocycles. The summed E-state index contributed by atoms with van der Waals surface area (Å²) in [4.78, 5) is 0. The summed E-state index contributed by atoms with van der Waals surface area (Å²) in [6.45, 7) is 3.47. The van der Waals surface area contributed by atoms with E-state index in [1.807, 2.05) is 30.3 Å². The van der Waals surface area contributed by atoms with Crippen molar-refractivity contribution in [1.82, 2.24) is 0 Å². The molecule has 0 bridgehead atoms. The van der Waals surface area contributed by atoms with Crippen LogP contribution in [0.25, 0.3) is 6.08 Å². The second kappa shape index (κ2) is 3.95. The fraction of sp³-hybridized carbons (Fsp3) is 0.273. The van der Waals surface area contributed by atoms with Gasteiger partial charge in [-0.25, -0.2) is 0 Å². The van der Waals surface area contributed by atoms with Crippen LogP contribution in [0.2, 0.25) is 5.02 Å². The molecule has 0 fully saturated rings. The molecule has 1 aromatic carbocycles. The Labute approximate surface area is 83.7 Å². The predicted molar refractivity (Wildman–Crippen MR) is 56.8 cm³/mol. The molecule has 1 nitrogen and oxygen atoms in total. The second-order valence-corrected chi connectivity index (χ2v) is 3.97. The molecule has 1 N–H and O–H groups in total. The van der Waals surface area contributed by atoms with Gasteiger partial charge in [0.25, 0.3) is 0 Å². The van der Waals surface area contributed by atoms with E-state index in [1.165, 1.54) is 0 Å². The third-order valence-electron chi connectivity index (χ3n) is 1.55. The molecule has 0 radical (unpaired) electrons. The molecule has 0 aliphatic carbocycles. The summed E-state index contributed by atoms with van der Waals surface area (Å²) in [5.41, 5.74) is 0.270. The minimum atomic E-state index is -0.764. The Kier molecular flexibility index (Phi) is 3.12. The Morgan fingerprint density at radius 1 is 1.23 bits per heavy atom.